The molecule has 0 unspecified atom stereocenters. The highest BCUT2D eigenvalue weighted by molar-refractivity contribution is 5.95. The van der Waals surface area contributed by atoms with Crippen molar-refractivity contribution in [2.24, 2.45) is 0 Å². The van der Waals surface area contributed by atoms with Gasteiger partial charge in [0.05, 0.1) is 29.5 Å². The van der Waals surface area contributed by atoms with E-state index >= 15 is 0 Å². The highest BCUT2D eigenvalue weighted by Gasteiger charge is 2.29. The third-order valence-electron chi connectivity index (χ3n) is 6.95. The molecule has 1 saturated carbocycles. The summed E-state index contributed by atoms with van der Waals surface area (Å²) < 4.78 is 11.8. The molecule has 32 heavy (non-hydrogen) atoms. The van der Waals surface area contributed by atoms with Crippen LogP contribution < -0.4 is 5.32 Å². The lowest BCUT2D eigenvalue weighted by atomic mass is 9.85. The Balaban J connectivity index is 1.39. The van der Waals surface area contributed by atoms with Crippen LogP contribution in [0.1, 0.15) is 51.0 Å². The molecular weight excluding hydrogens is 400 g/mol. The molecule has 2 heterocycles. The van der Waals surface area contributed by atoms with E-state index < -0.39 is 5.60 Å². The van der Waals surface area contributed by atoms with Crippen molar-refractivity contribution >= 4 is 16.6 Å². The summed E-state index contributed by atoms with van der Waals surface area (Å²) in [5, 5.41) is 15.2. The highest BCUT2D eigenvalue weighted by Crippen LogP contribution is 2.33. The Bertz CT molecular complexity index is 1030. The molecule has 1 saturated heterocycles. The lowest BCUT2D eigenvalue weighted by Gasteiger charge is -2.33. The van der Waals surface area contributed by atoms with E-state index in [1.165, 1.54) is 16.5 Å². The van der Waals surface area contributed by atoms with Crippen LogP contribution in [0.15, 0.2) is 48.5 Å². The molecule has 0 radical (unpaired) electrons. The standard InChI is InChI=1S/C27H34N2O3/c1-27(30)11-7-23(8-12-27)32-18-19-15-21-17-24(20-5-3-2-4-6-20)29-26(21)25(16-19)28-22-9-13-31-14-10-22/h2-6,15-17,22-23,28-30H,7-14,18H2,1H3. The Morgan fingerprint density at radius 2 is 1.81 bits per heavy atom. The summed E-state index contributed by atoms with van der Waals surface area (Å²) in [6, 6.07) is 17.6. The molecule has 5 rings (SSSR count). The SMILES string of the molecule is CC1(O)CCC(OCc2cc(NC3CCOCC3)c3[nH]c(-c4ccccc4)cc3c2)CC1. The Hall–Kier alpha value is -2.34. The lowest BCUT2D eigenvalue weighted by molar-refractivity contribution is -0.0509. The van der Waals surface area contributed by atoms with Gasteiger partial charge in [-0.15, -0.1) is 0 Å². The van der Waals surface area contributed by atoms with Gasteiger partial charge >= 0.3 is 0 Å². The quantitative estimate of drug-likeness (QED) is 0.470. The summed E-state index contributed by atoms with van der Waals surface area (Å²) in [4.78, 5) is 3.65. The maximum Gasteiger partial charge on any atom is 0.0721 e. The molecule has 0 spiro atoms. The Labute approximate surface area is 190 Å². The fourth-order valence-corrected chi connectivity index (χ4v) is 4.93. The van der Waals surface area contributed by atoms with Crippen LogP contribution in [-0.2, 0) is 16.1 Å². The van der Waals surface area contributed by atoms with E-state index in [-0.39, 0.29) is 6.10 Å². The zero-order valence-electron chi connectivity index (χ0n) is 18.9. The average molecular weight is 435 g/mol. The summed E-state index contributed by atoms with van der Waals surface area (Å²) in [5.41, 5.74) is 5.26. The molecule has 5 nitrogen and oxygen atoms in total. The first-order valence-electron chi connectivity index (χ1n) is 12.0. The van der Waals surface area contributed by atoms with E-state index in [0.717, 1.165) is 68.6 Å². The van der Waals surface area contributed by atoms with Gasteiger partial charge in [-0.3, -0.25) is 0 Å². The maximum absolute atomic E-state index is 10.2. The van der Waals surface area contributed by atoms with Gasteiger partial charge < -0.3 is 24.9 Å². The maximum atomic E-state index is 10.2. The van der Waals surface area contributed by atoms with Crippen LogP contribution in [0.25, 0.3) is 22.2 Å². The Morgan fingerprint density at radius 3 is 2.56 bits per heavy atom. The Kier molecular flexibility index (Phi) is 6.22. The van der Waals surface area contributed by atoms with Gasteiger partial charge in [0.1, 0.15) is 0 Å². The summed E-state index contributed by atoms with van der Waals surface area (Å²) >= 11 is 0. The normalized spacial score (nSPS) is 24.6. The minimum Gasteiger partial charge on any atom is -0.390 e. The molecule has 1 aliphatic carbocycles. The van der Waals surface area contributed by atoms with E-state index in [1.54, 1.807) is 0 Å². The minimum absolute atomic E-state index is 0.226. The van der Waals surface area contributed by atoms with Gasteiger partial charge in [0.25, 0.3) is 0 Å². The molecule has 5 heteroatoms. The van der Waals surface area contributed by atoms with Crippen LogP contribution in [0.5, 0.6) is 0 Å². The molecule has 3 N–H and O–H groups in total. The van der Waals surface area contributed by atoms with Crippen molar-refractivity contribution in [3.63, 3.8) is 0 Å². The van der Waals surface area contributed by atoms with E-state index in [0.29, 0.717) is 12.6 Å². The highest BCUT2D eigenvalue weighted by atomic mass is 16.5. The predicted molar refractivity (Wildman–Crippen MR) is 129 cm³/mol. The van der Waals surface area contributed by atoms with Gasteiger partial charge in [-0.2, -0.15) is 0 Å². The van der Waals surface area contributed by atoms with Crippen molar-refractivity contribution in [3.05, 3.63) is 54.1 Å². The number of H-pyrrole nitrogens is 1. The fourth-order valence-electron chi connectivity index (χ4n) is 4.93. The van der Waals surface area contributed by atoms with Gasteiger partial charge in [-0.05, 0) is 74.8 Å². The number of benzene rings is 2. The van der Waals surface area contributed by atoms with Crippen molar-refractivity contribution in [2.45, 2.75) is 69.8 Å². The molecule has 1 aromatic heterocycles. The summed E-state index contributed by atoms with van der Waals surface area (Å²) in [6.07, 6.45) is 5.74. The molecule has 0 bridgehead atoms. The molecule has 0 amide bonds. The first kappa shape index (κ1) is 21.5. The second kappa shape index (κ2) is 9.26. The average Bonchev–Trinajstić information content (AvgIpc) is 3.24. The molecule has 170 valence electrons. The minimum atomic E-state index is -0.529. The van der Waals surface area contributed by atoms with Crippen LogP contribution in [-0.4, -0.2) is 41.1 Å². The van der Waals surface area contributed by atoms with Crippen molar-refractivity contribution < 1.29 is 14.6 Å². The number of hydrogen-bond donors (Lipinski definition) is 3. The van der Waals surface area contributed by atoms with E-state index in [4.69, 9.17) is 9.47 Å². The third-order valence-corrected chi connectivity index (χ3v) is 6.95. The molecule has 1 aliphatic heterocycles. The number of rotatable bonds is 6. The third kappa shape index (κ3) is 5.01. The number of anilines is 1. The van der Waals surface area contributed by atoms with Gasteiger partial charge in [0, 0.05) is 30.3 Å². The zero-order chi connectivity index (χ0) is 22.0. The summed E-state index contributed by atoms with van der Waals surface area (Å²) in [7, 11) is 0. The van der Waals surface area contributed by atoms with Gasteiger partial charge in [-0.1, -0.05) is 30.3 Å². The van der Waals surface area contributed by atoms with E-state index in [9.17, 15) is 5.11 Å². The molecule has 2 aliphatic rings. The van der Waals surface area contributed by atoms with E-state index in [1.807, 2.05) is 13.0 Å². The zero-order valence-corrected chi connectivity index (χ0v) is 18.9. The predicted octanol–water partition coefficient (Wildman–Crippen LogP) is 5.64. The van der Waals surface area contributed by atoms with Gasteiger partial charge in [0.15, 0.2) is 0 Å². The smallest absolute Gasteiger partial charge is 0.0721 e. The topological polar surface area (TPSA) is 66.5 Å². The van der Waals surface area contributed by atoms with Crippen LogP contribution in [0.3, 0.4) is 0 Å². The molecule has 0 atom stereocenters. The molecule has 2 fully saturated rings. The molecule has 2 aromatic carbocycles. The fraction of sp³-hybridized carbons (Fsp3) is 0.481. The van der Waals surface area contributed by atoms with Gasteiger partial charge in [0.2, 0.25) is 0 Å². The number of aliphatic hydroxyl groups is 1. The van der Waals surface area contributed by atoms with Gasteiger partial charge in [-0.25, -0.2) is 0 Å². The van der Waals surface area contributed by atoms with Crippen LogP contribution >= 0.6 is 0 Å². The second-order valence-corrected chi connectivity index (χ2v) is 9.69. The Morgan fingerprint density at radius 1 is 1.06 bits per heavy atom. The lowest BCUT2D eigenvalue weighted by Crippen LogP contribution is -2.33. The van der Waals surface area contributed by atoms with Crippen molar-refractivity contribution in [3.8, 4) is 11.3 Å². The monoisotopic (exact) mass is 434 g/mol. The van der Waals surface area contributed by atoms with Crippen LogP contribution in [0.4, 0.5) is 5.69 Å². The van der Waals surface area contributed by atoms with E-state index in [2.05, 4.69) is 52.8 Å². The van der Waals surface area contributed by atoms with Crippen LogP contribution in [0, 0.1) is 0 Å². The first-order chi connectivity index (χ1) is 15.6. The molecular formula is C27H34N2O3. The largest absolute Gasteiger partial charge is 0.390 e. The number of hydrogen-bond acceptors (Lipinski definition) is 4. The second-order valence-electron chi connectivity index (χ2n) is 9.69. The number of ether oxygens (including phenoxy) is 2. The van der Waals surface area contributed by atoms with Crippen LogP contribution in [0.2, 0.25) is 0 Å². The number of fused-ring (bicyclic) bond motifs is 1. The summed E-state index contributed by atoms with van der Waals surface area (Å²) in [5.74, 6) is 0. The van der Waals surface area contributed by atoms with Crippen molar-refractivity contribution in [1.29, 1.82) is 0 Å². The summed E-state index contributed by atoms with van der Waals surface area (Å²) in [6.45, 7) is 4.16. The van der Waals surface area contributed by atoms with Crippen molar-refractivity contribution in [2.75, 3.05) is 18.5 Å². The number of nitrogens with one attached hydrogen (secondary N) is 2. The van der Waals surface area contributed by atoms with Crippen molar-refractivity contribution in [1.82, 2.24) is 4.98 Å². The number of aromatic nitrogens is 1. The first-order valence-corrected chi connectivity index (χ1v) is 12.0. The number of aromatic amines is 1. The molecule has 3 aromatic rings.